The number of carbonyl (C=O) groups excluding carboxylic acids is 1. The molecule has 0 aliphatic heterocycles. The fraction of sp³-hybridized carbons (Fsp3) is 0.286. The van der Waals surface area contributed by atoms with Crippen molar-refractivity contribution in [2.75, 3.05) is 0 Å². The Balaban J connectivity index is 3.15. The average molecular weight is 172 g/mol. The van der Waals surface area contributed by atoms with Crippen LogP contribution < -0.4 is 0 Å². The van der Waals surface area contributed by atoms with Crippen molar-refractivity contribution in [3.05, 3.63) is 15.8 Å². The molecule has 0 saturated heterocycles. The number of ketones is 1. The lowest BCUT2D eigenvalue weighted by Crippen LogP contribution is -1.86. The van der Waals surface area contributed by atoms with Crippen LogP contribution in [0.25, 0.3) is 0 Å². The highest BCUT2D eigenvalue weighted by Gasteiger charge is 2.06. The second-order valence-corrected chi connectivity index (χ2v) is 3.87. The Morgan fingerprint density at radius 3 is 2.50 bits per heavy atom. The third-order valence-corrected chi connectivity index (χ3v) is 2.81. The number of carbonyl (C=O) groups is 1. The van der Waals surface area contributed by atoms with E-state index >= 15 is 0 Å². The van der Waals surface area contributed by atoms with Gasteiger partial charge in [-0.1, -0.05) is 0 Å². The molecule has 0 atom stereocenters. The first kappa shape index (κ1) is 7.82. The van der Waals surface area contributed by atoms with Gasteiger partial charge in [0.25, 0.3) is 0 Å². The van der Waals surface area contributed by atoms with E-state index in [9.17, 15) is 4.79 Å². The van der Waals surface area contributed by atoms with Crippen LogP contribution in [-0.4, -0.2) is 5.78 Å². The molecule has 0 radical (unpaired) electrons. The molecule has 0 unspecified atom stereocenters. The summed E-state index contributed by atoms with van der Waals surface area (Å²) in [6.45, 7) is 3.53. The van der Waals surface area contributed by atoms with Crippen molar-refractivity contribution in [2.24, 2.45) is 0 Å². The van der Waals surface area contributed by atoms with E-state index in [1.165, 1.54) is 11.3 Å². The molecule has 0 aliphatic carbocycles. The Kier molecular flexibility index (Phi) is 2.16. The fourth-order valence-electron chi connectivity index (χ4n) is 0.753. The van der Waals surface area contributed by atoms with Crippen molar-refractivity contribution in [1.82, 2.24) is 0 Å². The zero-order valence-electron chi connectivity index (χ0n) is 5.84. The summed E-state index contributed by atoms with van der Waals surface area (Å²) in [5, 5.41) is 0. The molecule has 0 N–H and O–H groups in total. The molecule has 0 fully saturated rings. The molecule has 0 saturated carbocycles. The summed E-state index contributed by atoms with van der Waals surface area (Å²) >= 11 is 5.64. The number of Topliss-reactive ketones (excluding diaryl/α,β-unsaturated/α-hetero) is 1. The molecule has 0 amide bonds. The first-order valence-corrected chi connectivity index (χ1v) is 4.18. The van der Waals surface area contributed by atoms with E-state index in [1.807, 2.05) is 13.0 Å². The highest BCUT2D eigenvalue weighted by Crippen LogP contribution is 2.24. The van der Waals surface area contributed by atoms with Gasteiger partial charge in [-0.3, -0.25) is 4.79 Å². The zero-order chi connectivity index (χ0) is 7.72. The van der Waals surface area contributed by atoms with Crippen molar-refractivity contribution >= 4 is 29.7 Å². The molecule has 0 spiro atoms. The van der Waals surface area contributed by atoms with Crippen LogP contribution in [0.4, 0.5) is 0 Å². The van der Waals surface area contributed by atoms with E-state index in [-0.39, 0.29) is 5.78 Å². The van der Waals surface area contributed by atoms with Crippen molar-refractivity contribution in [3.8, 4) is 0 Å². The summed E-state index contributed by atoms with van der Waals surface area (Å²) in [6.07, 6.45) is 0. The normalized spacial score (nSPS) is 9.90. The average Bonchev–Trinajstić information content (AvgIpc) is 2.10. The smallest absolute Gasteiger partial charge is 0.170 e. The predicted octanol–water partition coefficient (Wildman–Crippen LogP) is 2.55. The van der Waals surface area contributed by atoms with Gasteiger partial charge in [0.05, 0.1) is 4.88 Å². The van der Waals surface area contributed by atoms with E-state index in [0.717, 1.165) is 14.6 Å². The maximum absolute atomic E-state index is 10.8. The van der Waals surface area contributed by atoms with Crippen LogP contribution in [0, 0.1) is 6.92 Å². The molecule has 54 valence electrons. The molecule has 1 aromatic rings. The lowest BCUT2D eigenvalue weighted by molar-refractivity contribution is 0.101. The summed E-state index contributed by atoms with van der Waals surface area (Å²) in [5.74, 6) is 0.100. The maximum atomic E-state index is 10.8. The monoisotopic (exact) mass is 172 g/mol. The minimum atomic E-state index is 0.100. The van der Waals surface area contributed by atoms with Crippen LogP contribution in [-0.2, 0) is 0 Å². The Morgan fingerprint density at radius 2 is 2.30 bits per heavy atom. The van der Waals surface area contributed by atoms with Gasteiger partial charge in [-0.2, -0.15) is 0 Å². The minimum Gasteiger partial charge on any atom is -0.294 e. The van der Waals surface area contributed by atoms with Crippen molar-refractivity contribution in [3.63, 3.8) is 0 Å². The van der Waals surface area contributed by atoms with Crippen molar-refractivity contribution in [2.45, 2.75) is 18.7 Å². The van der Waals surface area contributed by atoms with Gasteiger partial charge in [-0.05, 0) is 19.9 Å². The lowest BCUT2D eigenvalue weighted by Gasteiger charge is -1.86. The second-order valence-electron chi connectivity index (χ2n) is 2.13. The molecule has 3 heteroatoms. The maximum Gasteiger partial charge on any atom is 0.170 e. The highest BCUT2D eigenvalue weighted by atomic mass is 32.1. The minimum absolute atomic E-state index is 0.100. The molecule has 1 heterocycles. The molecular weight excluding hydrogens is 164 g/mol. The zero-order valence-corrected chi connectivity index (χ0v) is 7.55. The first-order valence-electron chi connectivity index (χ1n) is 2.91. The molecule has 0 aliphatic rings. The van der Waals surface area contributed by atoms with Gasteiger partial charge in [0.15, 0.2) is 5.78 Å². The Hall–Kier alpha value is -0.280. The van der Waals surface area contributed by atoms with E-state index in [0.29, 0.717) is 0 Å². The first-order chi connectivity index (χ1) is 4.61. The standard InChI is InChI=1S/C7H8OS2/c1-4-3-6(9)7(10-4)5(2)8/h3,9H,1-2H3. The molecule has 1 aromatic heterocycles. The van der Waals surface area contributed by atoms with Gasteiger partial charge in [-0.25, -0.2) is 0 Å². The summed E-state index contributed by atoms with van der Waals surface area (Å²) in [4.78, 5) is 13.5. The number of hydrogen-bond donors (Lipinski definition) is 1. The third kappa shape index (κ3) is 1.41. The van der Waals surface area contributed by atoms with E-state index in [4.69, 9.17) is 0 Å². The Bertz CT molecular complexity index is 263. The van der Waals surface area contributed by atoms with Crippen LogP contribution in [0.5, 0.6) is 0 Å². The SMILES string of the molecule is CC(=O)c1sc(C)cc1S. The van der Waals surface area contributed by atoms with E-state index in [1.54, 1.807) is 6.92 Å². The van der Waals surface area contributed by atoms with Gasteiger partial charge < -0.3 is 0 Å². The second kappa shape index (κ2) is 2.76. The highest BCUT2D eigenvalue weighted by molar-refractivity contribution is 7.80. The van der Waals surface area contributed by atoms with Crippen LogP contribution in [0.3, 0.4) is 0 Å². The Labute approximate surface area is 69.5 Å². The van der Waals surface area contributed by atoms with Crippen LogP contribution in [0.15, 0.2) is 11.0 Å². The number of aryl methyl sites for hydroxylation is 1. The topological polar surface area (TPSA) is 17.1 Å². The largest absolute Gasteiger partial charge is 0.294 e. The van der Waals surface area contributed by atoms with Crippen molar-refractivity contribution < 1.29 is 4.79 Å². The summed E-state index contributed by atoms with van der Waals surface area (Å²) < 4.78 is 0. The van der Waals surface area contributed by atoms with Gasteiger partial charge >= 0.3 is 0 Å². The third-order valence-electron chi connectivity index (χ3n) is 1.16. The fourth-order valence-corrected chi connectivity index (χ4v) is 2.13. The Morgan fingerprint density at radius 1 is 1.70 bits per heavy atom. The van der Waals surface area contributed by atoms with Gasteiger partial charge in [0.2, 0.25) is 0 Å². The molecule has 1 nitrogen and oxygen atoms in total. The lowest BCUT2D eigenvalue weighted by atomic mass is 10.3. The number of rotatable bonds is 1. The summed E-state index contributed by atoms with van der Waals surface area (Å²) in [7, 11) is 0. The molecule has 0 aromatic carbocycles. The summed E-state index contributed by atoms with van der Waals surface area (Å²) in [5.41, 5.74) is 0. The van der Waals surface area contributed by atoms with Crippen LogP contribution >= 0.6 is 24.0 Å². The number of hydrogen-bond acceptors (Lipinski definition) is 3. The van der Waals surface area contributed by atoms with Crippen molar-refractivity contribution in [1.29, 1.82) is 0 Å². The van der Waals surface area contributed by atoms with E-state index in [2.05, 4.69) is 12.6 Å². The van der Waals surface area contributed by atoms with E-state index < -0.39 is 0 Å². The van der Waals surface area contributed by atoms with Crippen LogP contribution in [0.2, 0.25) is 0 Å². The number of thiophene rings is 1. The molecule has 1 rings (SSSR count). The predicted molar refractivity (Wildman–Crippen MR) is 46.3 cm³/mol. The van der Waals surface area contributed by atoms with Crippen LogP contribution in [0.1, 0.15) is 21.5 Å². The molecular formula is C7H8OS2. The molecule has 10 heavy (non-hydrogen) atoms. The van der Waals surface area contributed by atoms with Gasteiger partial charge in [0, 0.05) is 9.77 Å². The quantitative estimate of drug-likeness (QED) is 0.509. The van der Waals surface area contributed by atoms with Gasteiger partial charge in [-0.15, -0.1) is 24.0 Å². The number of thiol groups is 1. The van der Waals surface area contributed by atoms with Gasteiger partial charge in [0.1, 0.15) is 0 Å². The summed E-state index contributed by atoms with van der Waals surface area (Å²) in [6, 6.07) is 1.91. The molecule has 0 bridgehead atoms.